The number of thiocarbonyl (C=S) groups is 1. The van der Waals surface area contributed by atoms with Crippen LogP contribution in [-0.2, 0) is 4.79 Å². The summed E-state index contributed by atoms with van der Waals surface area (Å²) in [6.07, 6.45) is 3.28. The average Bonchev–Trinajstić information content (AvgIpc) is 2.71. The van der Waals surface area contributed by atoms with Gasteiger partial charge >= 0.3 is 0 Å². The van der Waals surface area contributed by atoms with Crippen LogP contribution in [0.2, 0.25) is 0 Å². The van der Waals surface area contributed by atoms with Gasteiger partial charge < -0.3 is 10.1 Å². The number of amides is 1. The summed E-state index contributed by atoms with van der Waals surface area (Å²) in [6, 6.07) is 21.5. The van der Waals surface area contributed by atoms with Gasteiger partial charge in [0.15, 0.2) is 5.11 Å². The molecular formula is C24H24N2O2S. The van der Waals surface area contributed by atoms with Crippen LogP contribution < -0.4 is 15.4 Å². The van der Waals surface area contributed by atoms with Crippen LogP contribution in [0.4, 0.5) is 5.69 Å². The van der Waals surface area contributed by atoms with Gasteiger partial charge in [-0.2, -0.15) is 0 Å². The summed E-state index contributed by atoms with van der Waals surface area (Å²) in [5.41, 5.74) is 1.76. The number of anilines is 1. The second-order valence-corrected chi connectivity index (χ2v) is 7.48. The molecule has 0 bridgehead atoms. The molecule has 0 saturated heterocycles. The van der Waals surface area contributed by atoms with Crippen molar-refractivity contribution in [1.29, 1.82) is 0 Å². The molecule has 0 heterocycles. The molecule has 0 aromatic heterocycles. The zero-order valence-electron chi connectivity index (χ0n) is 16.5. The van der Waals surface area contributed by atoms with E-state index < -0.39 is 0 Å². The molecular weight excluding hydrogens is 380 g/mol. The molecule has 0 spiro atoms. The molecule has 0 aliphatic rings. The maximum atomic E-state index is 12.2. The summed E-state index contributed by atoms with van der Waals surface area (Å²) >= 11 is 5.23. The van der Waals surface area contributed by atoms with E-state index in [1.54, 1.807) is 6.08 Å². The fourth-order valence-electron chi connectivity index (χ4n) is 2.77. The normalized spacial score (nSPS) is 11.0. The molecule has 0 aliphatic heterocycles. The van der Waals surface area contributed by atoms with Gasteiger partial charge in [-0.1, -0.05) is 56.3 Å². The highest BCUT2D eigenvalue weighted by Gasteiger charge is 2.04. The van der Waals surface area contributed by atoms with Gasteiger partial charge in [0.25, 0.3) is 0 Å². The molecule has 3 aromatic carbocycles. The van der Waals surface area contributed by atoms with Gasteiger partial charge in [0.1, 0.15) is 5.75 Å². The molecule has 0 saturated carbocycles. The highest BCUT2D eigenvalue weighted by molar-refractivity contribution is 7.80. The quantitative estimate of drug-likeness (QED) is 0.427. The molecule has 0 unspecified atom stereocenters. The second-order valence-electron chi connectivity index (χ2n) is 7.07. The third-order valence-corrected chi connectivity index (χ3v) is 4.37. The number of rotatable bonds is 6. The Balaban J connectivity index is 1.55. The van der Waals surface area contributed by atoms with Gasteiger partial charge in [-0.05, 0) is 64.8 Å². The van der Waals surface area contributed by atoms with E-state index in [1.807, 2.05) is 66.7 Å². The van der Waals surface area contributed by atoms with Crippen LogP contribution in [-0.4, -0.2) is 17.6 Å². The summed E-state index contributed by atoms with van der Waals surface area (Å²) in [5.74, 6) is 0.988. The van der Waals surface area contributed by atoms with Crippen molar-refractivity contribution in [2.75, 3.05) is 11.9 Å². The zero-order chi connectivity index (χ0) is 20.6. The molecule has 29 heavy (non-hydrogen) atoms. The molecule has 4 nitrogen and oxygen atoms in total. The Bertz CT molecular complexity index is 1020. The first-order valence-electron chi connectivity index (χ1n) is 9.52. The Labute approximate surface area is 176 Å². The van der Waals surface area contributed by atoms with Crippen molar-refractivity contribution in [3.63, 3.8) is 0 Å². The number of ether oxygens (including phenoxy) is 1. The van der Waals surface area contributed by atoms with Crippen LogP contribution in [0.1, 0.15) is 19.4 Å². The highest BCUT2D eigenvalue weighted by atomic mass is 32.1. The first-order chi connectivity index (χ1) is 14.0. The number of benzene rings is 3. The second kappa shape index (κ2) is 9.85. The van der Waals surface area contributed by atoms with Crippen LogP contribution in [0, 0.1) is 5.92 Å². The van der Waals surface area contributed by atoms with Crippen LogP contribution in [0.3, 0.4) is 0 Å². The minimum absolute atomic E-state index is 0.244. The van der Waals surface area contributed by atoms with E-state index in [1.165, 1.54) is 6.08 Å². The lowest BCUT2D eigenvalue weighted by atomic mass is 10.0. The highest BCUT2D eigenvalue weighted by Crippen LogP contribution is 2.19. The molecule has 3 rings (SSSR count). The van der Waals surface area contributed by atoms with Gasteiger partial charge in [0, 0.05) is 11.8 Å². The molecule has 0 atom stereocenters. The lowest BCUT2D eigenvalue weighted by Crippen LogP contribution is -2.32. The van der Waals surface area contributed by atoms with Crippen molar-refractivity contribution in [3.05, 3.63) is 78.4 Å². The summed E-state index contributed by atoms with van der Waals surface area (Å²) in [7, 11) is 0. The first kappa shape index (κ1) is 20.6. The van der Waals surface area contributed by atoms with E-state index in [-0.39, 0.29) is 11.0 Å². The number of hydrogen-bond acceptors (Lipinski definition) is 3. The van der Waals surface area contributed by atoms with Gasteiger partial charge in [-0.3, -0.25) is 10.1 Å². The maximum absolute atomic E-state index is 12.2. The van der Waals surface area contributed by atoms with Crippen molar-refractivity contribution in [2.24, 2.45) is 5.92 Å². The van der Waals surface area contributed by atoms with E-state index in [0.717, 1.165) is 27.8 Å². The van der Waals surface area contributed by atoms with E-state index in [2.05, 4.69) is 24.5 Å². The fraction of sp³-hybridized carbons (Fsp3) is 0.167. The van der Waals surface area contributed by atoms with Crippen LogP contribution in [0.5, 0.6) is 5.75 Å². The Hall–Kier alpha value is -3.18. The summed E-state index contributed by atoms with van der Waals surface area (Å²) in [5, 5.41) is 8.14. The molecule has 148 valence electrons. The fourth-order valence-corrected chi connectivity index (χ4v) is 2.99. The zero-order valence-corrected chi connectivity index (χ0v) is 17.3. The van der Waals surface area contributed by atoms with Gasteiger partial charge in [-0.15, -0.1) is 0 Å². The standard InChI is InChI=1S/C24H24N2O2S/c1-17(2)16-28-21-13-11-20(12-14-21)25-24(29)26-23(27)15-10-19-8-5-7-18-6-3-4-9-22(18)19/h3-15,17H,16H2,1-2H3,(H2,25,26,27,29)/b15-10+. The van der Waals surface area contributed by atoms with Gasteiger partial charge in [-0.25, -0.2) is 0 Å². The molecule has 0 aliphatic carbocycles. The van der Waals surface area contributed by atoms with Crippen LogP contribution in [0.15, 0.2) is 72.8 Å². The Morgan fingerprint density at radius 1 is 1.03 bits per heavy atom. The minimum Gasteiger partial charge on any atom is -0.493 e. The summed E-state index contributed by atoms with van der Waals surface area (Å²) in [6.45, 7) is 4.88. The lowest BCUT2D eigenvalue weighted by Gasteiger charge is -2.11. The SMILES string of the molecule is CC(C)COc1ccc(NC(=S)NC(=O)/C=C/c2cccc3ccccc23)cc1. The molecule has 1 amide bonds. The number of fused-ring (bicyclic) bond motifs is 1. The summed E-state index contributed by atoms with van der Waals surface area (Å²) < 4.78 is 5.66. The van der Waals surface area contributed by atoms with Crippen molar-refractivity contribution < 1.29 is 9.53 Å². The van der Waals surface area contributed by atoms with Gasteiger partial charge in [0.05, 0.1) is 6.61 Å². The Morgan fingerprint density at radius 2 is 1.76 bits per heavy atom. The van der Waals surface area contributed by atoms with E-state index in [0.29, 0.717) is 12.5 Å². The van der Waals surface area contributed by atoms with Crippen molar-refractivity contribution in [3.8, 4) is 5.75 Å². The van der Waals surface area contributed by atoms with Crippen molar-refractivity contribution >= 4 is 45.8 Å². The number of hydrogen-bond donors (Lipinski definition) is 2. The largest absolute Gasteiger partial charge is 0.493 e. The predicted octanol–water partition coefficient (Wildman–Crippen LogP) is 5.40. The molecule has 3 aromatic rings. The maximum Gasteiger partial charge on any atom is 0.250 e. The summed E-state index contributed by atoms with van der Waals surface area (Å²) in [4.78, 5) is 12.2. The van der Waals surface area contributed by atoms with E-state index in [4.69, 9.17) is 17.0 Å². The molecule has 5 heteroatoms. The third-order valence-electron chi connectivity index (χ3n) is 4.17. The van der Waals surface area contributed by atoms with Crippen LogP contribution >= 0.6 is 12.2 Å². The molecule has 0 radical (unpaired) electrons. The number of carbonyl (C=O) groups excluding carboxylic acids is 1. The van der Waals surface area contributed by atoms with E-state index in [9.17, 15) is 4.79 Å². The molecule has 0 fully saturated rings. The minimum atomic E-state index is -0.285. The van der Waals surface area contributed by atoms with Crippen molar-refractivity contribution in [1.82, 2.24) is 5.32 Å². The van der Waals surface area contributed by atoms with Crippen molar-refractivity contribution in [2.45, 2.75) is 13.8 Å². The van der Waals surface area contributed by atoms with E-state index >= 15 is 0 Å². The van der Waals surface area contributed by atoms with Gasteiger partial charge in [0.2, 0.25) is 5.91 Å². The lowest BCUT2D eigenvalue weighted by molar-refractivity contribution is -0.115. The number of carbonyl (C=O) groups is 1. The first-order valence-corrected chi connectivity index (χ1v) is 9.93. The van der Waals surface area contributed by atoms with Crippen LogP contribution in [0.25, 0.3) is 16.8 Å². The third kappa shape index (κ3) is 6.16. The Morgan fingerprint density at radius 3 is 2.52 bits per heavy atom. The molecule has 2 N–H and O–H groups in total. The smallest absolute Gasteiger partial charge is 0.250 e. The number of nitrogens with one attached hydrogen (secondary N) is 2. The predicted molar refractivity (Wildman–Crippen MR) is 124 cm³/mol. The Kier molecular flexibility index (Phi) is 6.98. The average molecular weight is 405 g/mol. The monoisotopic (exact) mass is 404 g/mol. The topological polar surface area (TPSA) is 50.4 Å².